The first-order chi connectivity index (χ1) is 11.9. The molecule has 0 bridgehead atoms. The number of hydrogen-bond donors (Lipinski definition) is 2. The Bertz CT molecular complexity index is 955. The summed E-state index contributed by atoms with van der Waals surface area (Å²) in [5, 5.41) is 0.452. The van der Waals surface area contributed by atoms with E-state index in [0.717, 1.165) is 17.7 Å². The number of aromatic nitrogens is 2. The van der Waals surface area contributed by atoms with Gasteiger partial charge in [-0.1, -0.05) is 0 Å². The van der Waals surface area contributed by atoms with E-state index in [9.17, 15) is 14.2 Å². The zero-order chi connectivity index (χ0) is 18.2. The Labute approximate surface area is 144 Å². The largest absolute Gasteiger partial charge is 0.361 e. The molecule has 3 rings (SSSR count). The summed E-state index contributed by atoms with van der Waals surface area (Å²) in [5.74, 6) is 0. The zero-order valence-corrected chi connectivity index (χ0v) is 15.4. The van der Waals surface area contributed by atoms with Gasteiger partial charge in [-0.15, -0.1) is 0 Å². The van der Waals surface area contributed by atoms with Crippen LogP contribution in [0, 0.1) is 0 Å². The predicted octanol–water partition coefficient (Wildman–Crippen LogP) is 1.10. The van der Waals surface area contributed by atoms with E-state index in [1.54, 1.807) is 19.9 Å². The van der Waals surface area contributed by atoms with Crippen molar-refractivity contribution >= 4 is 23.9 Å². The smallest absolute Gasteiger partial charge is 0.316 e. The molecule has 0 atom stereocenters. The molecule has 0 spiro atoms. The number of likely N-dealkylation sites (N-methyl/N-ethyl adjacent to an activating group) is 1. The third kappa shape index (κ3) is 3.22. The second kappa shape index (κ2) is 6.88. The summed E-state index contributed by atoms with van der Waals surface area (Å²) in [6, 6.07) is 1.61. The van der Waals surface area contributed by atoms with Gasteiger partial charge in [0.15, 0.2) is 0 Å². The van der Waals surface area contributed by atoms with E-state index < -0.39 is 18.7 Å². The van der Waals surface area contributed by atoms with Crippen molar-refractivity contribution in [2.24, 2.45) is 0 Å². The van der Waals surface area contributed by atoms with Crippen molar-refractivity contribution in [1.29, 1.82) is 0 Å². The standard InChI is InChI=1S/C16H22N3O5P/c1-4-23-25(22,24-5-2)13-8-12-14(18-16(21)15(20)17-12)10-6-7-19(3)9-11(10)13/h8H,4-7,9H2,1-3H3,(H,17,20)(H,18,21). The summed E-state index contributed by atoms with van der Waals surface area (Å²) in [5.41, 5.74) is 1.28. The molecule has 1 aliphatic rings. The Morgan fingerprint density at radius 3 is 2.40 bits per heavy atom. The van der Waals surface area contributed by atoms with Gasteiger partial charge in [0.05, 0.1) is 29.6 Å². The first kappa shape index (κ1) is 18.1. The quantitative estimate of drug-likeness (QED) is 0.606. The average molecular weight is 367 g/mol. The Balaban J connectivity index is 2.36. The number of rotatable bonds is 5. The Morgan fingerprint density at radius 1 is 1.12 bits per heavy atom. The van der Waals surface area contributed by atoms with Crippen LogP contribution < -0.4 is 16.4 Å². The molecule has 136 valence electrons. The fourth-order valence-electron chi connectivity index (χ4n) is 3.22. The van der Waals surface area contributed by atoms with Crippen LogP contribution >= 0.6 is 7.60 Å². The van der Waals surface area contributed by atoms with Gasteiger partial charge in [-0.2, -0.15) is 0 Å². The molecular weight excluding hydrogens is 345 g/mol. The van der Waals surface area contributed by atoms with Gasteiger partial charge >= 0.3 is 18.7 Å². The maximum atomic E-state index is 13.4. The van der Waals surface area contributed by atoms with Crippen LogP contribution in [0.5, 0.6) is 0 Å². The van der Waals surface area contributed by atoms with E-state index in [-0.39, 0.29) is 13.2 Å². The third-order valence-electron chi connectivity index (χ3n) is 4.28. The maximum absolute atomic E-state index is 13.4. The number of fused-ring (bicyclic) bond motifs is 3. The van der Waals surface area contributed by atoms with Gasteiger partial charge in [0.1, 0.15) is 0 Å². The topological polar surface area (TPSA) is 104 Å². The number of nitrogens with one attached hydrogen (secondary N) is 2. The molecule has 1 aromatic carbocycles. The van der Waals surface area contributed by atoms with Crippen LogP contribution in [0.2, 0.25) is 0 Å². The number of H-pyrrole nitrogens is 2. The van der Waals surface area contributed by atoms with E-state index in [1.165, 1.54) is 0 Å². The van der Waals surface area contributed by atoms with E-state index in [4.69, 9.17) is 9.05 Å². The molecule has 0 unspecified atom stereocenters. The molecule has 0 saturated heterocycles. The number of benzene rings is 1. The highest BCUT2D eigenvalue weighted by Gasteiger charge is 2.34. The van der Waals surface area contributed by atoms with Crippen LogP contribution in [0.4, 0.5) is 0 Å². The first-order valence-electron chi connectivity index (χ1n) is 8.29. The minimum atomic E-state index is -3.53. The molecule has 0 saturated carbocycles. The summed E-state index contributed by atoms with van der Waals surface area (Å²) in [6.07, 6.45) is 0.663. The SMILES string of the molecule is CCOP(=O)(OCC)c1cc2[nH]c(=O)c(=O)[nH]c2c2c1CN(C)CC2. The number of nitrogens with zero attached hydrogens (tertiary/aromatic N) is 1. The molecule has 2 heterocycles. The Morgan fingerprint density at radius 2 is 1.76 bits per heavy atom. The van der Waals surface area contributed by atoms with Crippen LogP contribution in [0.25, 0.3) is 11.0 Å². The second-order valence-electron chi connectivity index (χ2n) is 6.00. The van der Waals surface area contributed by atoms with Crippen molar-refractivity contribution in [3.63, 3.8) is 0 Å². The summed E-state index contributed by atoms with van der Waals surface area (Å²) in [4.78, 5) is 30.8. The monoisotopic (exact) mass is 367 g/mol. The van der Waals surface area contributed by atoms with Crippen LogP contribution in [-0.2, 0) is 26.6 Å². The molecule has 0 radical (unpaired) electrons. The zero-order valence-electron chi connectivity index (χ0n) is 14.5. The molecule has 1 aliphatic heterocycles. The predicted molar refractivity (Wildman–Crippen MR) is 95.7 cm³/mol. The van der Waals surface area contributed by atoms with Crippen molar-refractivity contribution in [3.05, 3.63) is 37.9 Å². The normalized spacial score (nSPS) is 15.5. The molecule has 9 heteroatoms. The van der Waals surface area contributed by atoms with E-state index in [2.05, 4.69) is 14.9 Å². The lowest BCUT2D eigenvalue weighted by atomic mass is 9.98. The molecule has 2 N–H and O–H groups in total. The lowest BCUT2D eigenvalue weighted by Gasteiger charge is -2.30. The van der Waals surface area contributed by atoms with E-state index >= 15 is 0 Å². The molecule has 0 fully saturated rings. The maximum Gasteiger partial charge on any atom is 0.361 e. The highest BCUT2D eigenvalue weighted by atomic mass is 31.2. The van der Waals surface area contributed by atoms with Gasteiger partial charge in [-0.3, -0.25) is 14.2 Å². The van der Waals surface area contributed by atoms with Crippen molar-refractivity contribution in [2.45, 2.75) is 26.8 Å². The highest BCUT2D eigenvalue weighted by Crippen LogP contribution is 2.49. The third-order valence-corrected chi connectivity index (χ3v) is 6.47. The molecule has 2 aromatic rings. The minimum absolute atomic E-state index is 0.238. The lowest BCUT2D eigenvalue weighted by Crippen LogP contribution is -2.34. The first-order valence-corrected chi connectivity index (χ1v) is 9.83. The fourth-order valence-corrected chi connectivity index (χ4v) is 5.08. The van der Waals surface area contributed by atoms with Crippen LogP contribution in [-0.4, -0.2) is 41.7 Å². The molecule has 0 aliphatic carbocycles. The van der Waals surface area contributed by atoms with Gasteiger partial charge in [-0.05, 0) is 44.5 Å². The number of hydrogen-bond acceptors (Lipinski definition) is 6. The summed E-state index contributed by atoms with van der Waals surface area (Å²) in [7, 11) is -1.56. The second-order valence-corrected chi connectivity index (χ2v) is 8.00. The van der Waals surface area contributed by atoms with Gasteiger partial charge < -0.3 is 23.9 Å². The average Bonchev–Trinajstić information content (AvgIpc) is 2.56. The lowest BCUT2D eigenvalue weighted by molar-refractivity contribution is 0.229. The van der Waals surface area contributed by atoms with Crippen LogP contribution in [0.15, 0.2) is 15.7 Å². The molecule has 0 amide bonds. The van der Waals surface area contributed by atoms with Crippen molar-refractivity contribution in [2.75, 3.05) is 26.8 Å². The summed E-state index contributed by atoms with van der Waals surface area (Å²) >= 11 is 0. The molecular formula is C16H22N3O5P. The summed E-state index contributed by atoms with van der Waals surface area (Å²) in [6.45, 7) is 5.34. The van der Waals surface area contributed by atoms with E-state index in [1.807, 2.05) is 7.05 Å². The van der Waals surface area contributed by atoms with Gasteiger partial charge in [0, 0.05) is 13.1 Å². The van der Waals surface area contributed by atoms with Crippen molar-refractivity contribution in [1.82, 2.24) is 14.9 Å². The summed E-state index contributed by atoms with van der Waals surface area (Å²) < 4.78 is 24.4. The Hall–Kier alpha value is -1.73. The fraction of sp³-hybridized carbons (Fsp3) is 0.500. The Kier molecular flexibility index (Phi) is 4.97. The van der Waals surface area contributed by atoms with E-state index in [0.29, 0.717) is 29.3 Å². The van der Waals surface area contributed by atoms with Crippen LogP contribution in [0.1, 0.15) is 25.0 Å². The van der Waals surface area contributed by atoms with Crippen molar-refractivity contribution in [3.8, 4) is 0 Å². The number of aromatic amines is 2. The molecule has 1 aromatic heterocycles. The highest BCUT2D eigenvalue weighted by molar-refractivity contribution is 7.62. The van der Waals surface area contributed by atoms with Crippen molar-refractivity contribution < 1.29 is 13.6 Å². The van der Waals surface area contributed by atoms with Crippen LogP contribution in [0.3, 0.4) is 0 Å². The van der Waals surface area contributed by atoms with Gasteiger partial charge in [0.2, 0.25) is 0 Å². The van der Waals surface area contributed by atoms with Gasteiger partial charge in [0.25, 0.3) is 0 Å². The minimum Gasteiger partial charge on any atom is -0.316 e. The molecule has 8 nitrogen and oxygen atoms in total. The van der Waals surface area contributed by atoms with Gasteiger partial charge in [-0.25, -0.2) is 0 Å². The molecule has 25 heavy (non-hydrogen) atoms.